The minimum atomic E-state index is -0.315. The molecule has 1 atom stereocenters. The van der Waals surface area contributed by atoms with Crippen LogP contribution in [-0.2, 0) is 4.79 Å². The maximum atomic E-state index is 11.7. The molecule has 4 heteroatoms. The Morgan fingerprint density at radius 2 is 2.20 bits per heavy atom. The molecular weight excluding hydrogens is 192 g/mol. The van der Waals surface area contributed by atoms with Crippen molar-refractivity contribution in [2.24, 2.45) is 0 Å². The second-order valence-electron chi connectivity index (χ2n) is 5.21. The van der Waals surface area contributed by atoms with E-state index in [1.807, 2.05) is 0 Å². The first kappa shape index (κ1) is 12.5. The van der Waals surface area contributed by atoms with Crippen LogP contribution >= 0.6 is 0 Å². The summed E-state index contributed by atoms with van der Waals surface area (Å²) in [5, 5.41) is 12.6. The first-order chi connectivity index (χ1) is 6.88. The SMILES string of the molecule is CC(C)(C)NCCC(=O)N1CCC(O)C1. The molecule has 1 heterocycles. The number of carbonyl (C=O) groups is 1. The zero-order valence-electron chi connectivity index (χ0n) is 9.92. The van der Waals surface area contributed by atoms with Gasteiger partial charge in [-0.15, -0.1) is 0 Å². The number of β-amino-alcohol motifs (C(OH)–C–C–N with tert-alkyl or cyclic N) is 1. The molecule has 1 amide bonds. The van der Waals surface area contributed by atoms with Crippen molar-refractivity contribution in [2.45, 2.75) is 45.3 Å². The van der Waals surface area contributed by atoms with Crippen LogP contribution in [0.5, 0.6) is 0 Å². The summed E-state index contributed by atoms with van der Waals surface area (Å²) in [6.07, 6.45) is 0.923. The largest absolute Gasteiger partial charge is 0.391 e. The molecule has 0 aromatic rings. The van der Waals surface area contributed by atoms with Gasteiger partial charge in [-0.3, -0.25) is 4.79 Å². The zero-order valence-corrected chi connectivity index (χ0v) is 9.92. The molecule has 4 nitrogen and oxygen atoms in total. The fourth-order valence-electron chi connectivity index (χ4n) is 1.67. The van der Waals surface area contributed by atoms with Crippen LogP contribution < -0.4 is 5.32 Å². The number of amides is 1. The molecular formula is C11H22N2O2. The molecule has 0 bridgehead atoms. The number of rotatable bonds is 3. The van der Waals surface area contributed by atoms with E-state index in [4.69, 9.17) is 0 Å². The molecule has 0 saturated carbocycles. The lowest BCUT2D eigenvalue weighted by Gasteiger charge is -2.21. The Balaban J connectivity index is 2.19. The first-order valence-corrected chi connectivity index (χ1v) is 5.59. The van der Waals surface area contributed by atoms with Crippen LogP contribution in [0, 0.1) is 0 Å². The summed E-state index contributed by atoms with van der Waals surface area (Å²) in [7, 11) is 0. The number of nitrogens with zero attached hydrogens (tertiary/aromatic N) is 1. The highest BCUT2D eigenvalue weighted by Crippen LogP contribution is 2.10. The molecule has 1 aliphatic rings. The van der Waals surface area contributed by atoms with E-state index in [-0.39, 0.29) is 17.6 Å². The Morgan fingerprint density at radius 1 is 1.53 bits per heavy atom. The lowest BCUT2D eigenvalue weighted by molar-refractivity contribution is -0.130. The first-order valence-electron chi connectivity index (χ1n) is 5.59. The van der Waals surface area contributed by atoms with Crippen molar-refractivity contribution in [3.8, 4) is 0 Å². The van der Waals surface area contributed by atoms with Crippen LogP contribution in [-0.4, -0.2) is 47.2 Å². The normalized spacial score (nSPS) is 22.1. The van der Waals surface area contributed by atoms with Gasteiger partial charge in [-0.2, -0.15) is 0 Å². The Kier molecular flexibility index (Phi) is 4.11. The predicted molar refractivity (Wildman–Crippen MR) is 59.6 cm³/mol. The highest BCUT2D eigenvalue weighted by molar-refractivity contribution is 5.76. The maximum absolute atomic E-state index is 11.7. The number of likely N-dealkylation sites (tertiary alicyclic amines) is 1. The summed E-state index contributed by atoms with van der Waals surface area (Å²) < 4.78 is 0. The lowest BCUT2D eigenvalue weighted by Crippen LogP contribution is -2.39. The number of hydrogen-bond donors (Lipinski definition) is 2. The van der Waals surface area contributed by atoms with Gasteiger partial charge in [0.05, 0.1) is 6.10 Å². The van der Waals surface area contributed by atoms with E-state index >= 15 is 0 Å². The molecule has 1 rings (SSSR count). The van der Waals surface area contributed by atoms with Crippen molar-refractivity contribution in [2.75, 3.05) is 19.6 Å². The summed E-state index contributed by atoms with van der Waals surface area (Å²) >= 11 is 0. The van der Waals surface area contributed by atoms with Crippen LogP contribution in [0.3, 0.4) is 0 Å². The third-order valence-corrected chi connectivity index (χ3v) is 2.51. The number of aliphatic hydroxyl groups excluding tert-OH is 1. The summed E-state index contributed by atoms with van der Waals surface area (Å²) in [6, 6.07) is 0. The Hall–Kier alpha value is -0.610. The van der Waals surface area contributed by atoms with Gasteiger partial charge in [-0.05, 0) is 27.2 Å². The molecule has 2 N–H and O–H groups in total. The van der Waals surface area contributed by atoms with Crippen LogP contribution in [0.15, 0.2) is 0 Å². The molecule has 1 unspecified atom stereocenters. The van der Waals surface area contributed by atoms with Crippen molar-refractivity contribution in [1.82, 2.24) is 10.2 Å². The molecule has 1 aliphatic heterocycles. The Bertz CT molecular complexity index is 223. The van der Waals surface area contributed by atoms with E-state index in [0.717, 1.165) is 6.42 Å². The fourth-order valence-corrected chi connectivity index (χ4v) is 1.67. The van der Waals surface area contributed by atoms with E-state index in [9.17, 15) is 9.90 Å². The molecule has 1 saturated heterocycles. The lowest BCUT2D eigenvalue weighted by atomic mass is 10.1. The van der Waals surface area contributed by atoms with Gasteiger partial charge in [0.1, 0.15) is 0 Å². The summed E-state index contributed by atoms with van der Waals surface area (Å²) in [4.78, 5) is 13.4. The molecule has 0 radical (unpaired) electrons. The van der Waals surface area contributed by atoms with Crippen molar-refractivity contribution in [3.63, 3.8) is 0 Å². The van der Waals surface area contributed by atoms with Crippen molar-refractivity contribution in [1.29, 1.82) is 0 Å². The molecule has 0 aliphatic carbocycles. The molecule has 0 aromatic heterocycles. The van der Waals surface area contributed by atoms with Gasteiger partial charge < -0.3 is 15.3 Å². The molecule has 0 spiro atoms. The van der Waals surface area contributed by atoms with Gasteiger partial charge in [0.2, 0.25) is 5.91 Å². The highest BCUT2D eigenvalue weighted by atomic mass is 16.3. The highest BCUT2D eigenvalue weighted by Gasteiger charge is 2.24. The summed E-state index contributed by atoms with van der Waals surface area (Å²) in [5.74, 6) is 0.142. The average molecular weight is 214 g/mol. The standard InChI is InChI=1S/C11H22N2O2/c1-11(2,3)12-6-4-10(15)13-7-5-9(14)8-13/h9,12,14H,4-8H2,1-3H3. The number of carbonyl (C=O) groups excluding carboxylic acids is 1. The van der Waals surface area contributed by atoms with Gasteiger partial charge in [0.25, 0.3) is 0 Å². The second kappa shape index (κ2) is 4.94. The van der Waals surface area contributed by atoms with Gasteiger partial charge in [0, 0.05) is 31.6 Å². The van der Waals surface area contributed by atoms with Crippen LogP contribution in [0.25, 0.3) is 0 Å². The molecule has 88 valence electrons. The second-order valence-corrected chi connectivity index (χ2v) is 5.21. The van der Waals surface area contributed by atoms with E-state index < -0.39 is 0 Å². The number of aliphatic hydroxyl groups is 1. The quantitative estimate of drug-likeness (QED) is 0.713. The molecule has 0 aromatic carbocycles. The monoisotopic (exact) mass is 214 g/mol. The van der Waals surface area contributed by atoms with Gasteiger partial charge >= 0.3 is 0 Å². The number of nitrogens with one attached hydrogen (secondary N) is 1. The Morgan fingerprint density at radius 3 is 2.67 bits per heavy atom. The molecule has 15 heavy (non-hydrogen) atoms. The van der Waals surface area contributed by atoms with E-state index in [2.05, 4.69) is 26.1 Å². The van der Waals surface area contributed by atoms with Crippen LogP contribution in [0.4, 0.5) is 0 Å². The van der Waals surface area contributed by atoms with E-state index in [1.54, 1.807) is 4.90 Å². The van der Waals surface area contributed by atoms with Crippen LogP contribution in [0.1, 0.15) is 33.6 Å². The Labute approximate surface area is 91.6 Å². The summed E-state index contributed by atoms with van der Waals surface area (Å²) in [6.45, 7) is 8.16. The predicted octanol–water partition coefficient (Wildman–Crippen LogP) is 0.358. The van der Waals surface area contributed by atoms with Gasteiger partial charge in [-0.25, -0.2) is 0 Å². The minimum Gasteiger partial charge on any atom is -0.391 e. The smallest absolute Gasteiger partial charge is 0.223 e. The third-order valence-electron chi connectivity index (χ3n) is 2.51. The van der Waals surface area contributed by atoms with Gasteiger partial charge in [-0.1, -0.05) is 0 Å². The average Bonchev–Trinajstić information content (AvgIpc) is 2.49. The van der Waals surface area contributed by atoms with Gasteiger partial charge in [0.15, 0.2) is 0 Å². The van der Waals surface area contributed by atoms with E-state index in [1.165, 1.54) is 0 Å². The topological polar surface area (TPSA) is 52.6 Å². The number of hydrogen-bond acceptors (Lipinski definition) is 3. The maximum Gasteiger partial charge on any atom is 0.223 e. The zero-order chi connectivity index (χ0) is 11.5. The van der Waals surface area contributed by atoms with Crippen LogP contribution in [0.2, 0.25) is 0 Å². The van der Waals surface area contributed by atoms with Crippen molar-refractivity contribution >= 4 is 5.91 Å². The minimum absolute atomic E-state index is 0.0603. The summed E-state index contributed by atoms with van der Waals surface area (Å²) in [5.41, 5.74) is 0.0603. The van der Waals surface area contributed by atoms with Crippen molar-refractivity contribution < 1.29 is 9.90 Å². The molecule has 1 fully saturated rings. The third kappa shape index (κ3) is 4.62. The van der Waals surface area contributed by atoms with Crippen molar-refractivity contribution in [3.05, 3.63) is 0 Å². The van der Waals surface area contributed by atoms with E-state index in [0.29, 0.717) is 26.1 Å². The fraction of sp³-hybridized carbons (Fsp3) is 0.909.